The molecule has 18 heavy (non-hydrogen) atoms. The van der Waals surface area contributed by atoms with Crippen LogP contribution in [0.3, 0.4) is 0 Å². The lowest BCUT2D eigenvalue weighted by Crippen LogP contribution is -2.40. The Bertz CT molecular complexity index is 341. The number of carbonyl (C=O) groups is 2. The molecule has 0 spiro atoms. The lowest BCUT2D eigenvalue weighted by atomic mass is 9.76. The zero-order valence-corrected chi connectivity index (χ0v) is 12.4. The second kappa shape index (κ2) is 4.90. The zero-order valence-electron chi connectivity index (χ0n) is 12.4. The minimum Gasteiger partial charge on any atom is -0.444 e. The molecule has 0 aromatic heterocycles. The van der Waals surface area contributed by atoms with Crippen molar-refractivity contribution in [1.82, 2.24) is 4.90 Å². The fourth-order valence-electron chi connectivity index (χ4n) is 1.98. The van der Waals surface area contributed by atoms with E-state index in [-0.39, 0.29) is 23.2 Å². The number of nitrogens with zero attached hydrogens (tertiary/aromatic N) is 1. The van der Waals surface area contributed by atoms with Gasteiger partial charge in [0.25, 0.3) is 0 Å². The Labute approximate surface area is 110 Å². The fraction of sp³-hybridized carbons (Fsp3) is 0.857. The maximum atomic E-state index is 12.0. The van der Waals surface area contributed by atoms with Gasteiger partial charge in [0.05, 0.1) is 0 Å². The number of amides is 1. The lowest BCUT2D eigenvalue weighted by Gasteiger charge is -2.31. The molecule has 4 nitrogen and oxygen atoms in total. The molecule has 1 aliphatic rings. The Kier molecular flexibility index (Phi) is 4.08. The molecule has 0 aliphatic carbocycles. The summed E-state index contributed by atoms with van der Waals surface area (Å²) in [5.74, 6) is 0.362. The fourth-order valence-corrected chi connectivity index (χ4v) is 1.98. The molecule has 0 bridgehead atoms. The van der Waals surface area contributed by atoms with Crippen LogP contribution >= 0.6 is 0 Å². The third kappa shape index (κ3) is 3.47. The summed E-state index contributed by atoms with van der Waals surface area (Å²) in [7, 11) is 0. The van der Waals surface area contributed by atoms with Crippen molar-refractivity contribution in [3.8, 4) is 0 Å². The Morgan fingerprint density at radius 3 is 2.44 bits per heavy atom. The highest BCUT2D eigenvalue weighted by atomic mass is 16.6. The molecule has 0 aromatic carbocycles. The Morgan fingerprint density at radius 2 is 1.94 bits per heavy atom. The molecular formula is C14H25NO3. The van der Waals surface area contributed by atoms with E-state index in [1.807, 2.05) is 41.5 Å². The normalized spacial score (nSPS) is 24.7. The monoisotopic (exact) mass is 255 g/mol. The number of carbonyl (C=O) groups excluding carboxylic acids is 2. The topological polar surface area (TPSA) is 46.6 Å². The van der Waals surface area contributed by atoms with Crippen molar-refractivity contribution in [3.05, 3.63) is 0 Å². The second-order valence-corrected chi connectivity index (χ2v) is 6.72. The summed E-state index contributed by atoms with van der Waals surface area (Å²) in [6, 6.07) is 0. The van der Waals surface area contributed by atoms with E-state index in [1.54, 1.807) is 4.90 Å². The van der Waals surface area contributed by atoms with E-state index in [0.29, 0.717) is 19.5 Å². The Morgan fingerprint density at radius 1 is 1.39 bits per heavy atom. The van der Waals surface area contributed by atoms with E-state index in [2.05, 4.69) is 0 Å². The molecule has 1 amide bonds. The molecular weight excluding hydrogens is 230 g/mol. The molecule has 1 unspecified atom stereocenters. The van der Waals surface area contributed by atoms with Crippen LogP contribution in [0.1, 0.15) is 48.0 Å². The summed E-state index contributed by atoms with van der Waals surface area (Å²) < 4.78 is 5.36. The zero-order chi connectivity index (χ0) is 14.1. The first-order valence-corrected chi connectivity index (χ1v) is 6.55. The van der Waals surface area contributed by atoms with Crippen LogP contribution in [0, 0.1) is 11.3 Å². The van der Waals surface area contributed by atoms with Gasteiger partial charge in [-0.05, 0) is 26.7 Å². The van der Waals surface area contributed by atoms with Gasteiger partial charge in [-0.25, -0.2) is 4.79 Å². The van der Waals surface area contributed by atoms with Crippen molar-refractivity contribution in [2.75, 3.05) is 13.1 Å². The largest absolute Gasteiger partial charge is 0.444 e. The first-order valence-electron chi connectivity index (χ1n) is 6.55. The number of hydrogen-bond donors (Lipinski definition) is 0. The van der Waals surface area contributed by atoms with Crippen LogP contribution in [-0.2, 0) is 9.53 Å². The van der Waals surface area contributed by atoms with Crippen molar-refractivity contribution in [2.24, 2.45) is 11.3 Å². The third-order valence-electron chi connectivity index (χ3n) is 3.71. The van der Waals surface area contributed by atoms with Gasteiger partial charge in [-0.2, -0.15) is 0 Å². The van der Waals surface area contributed by atoms with Crippen LogP contribution in [0.5, 0.6) is 0 Å². The molecule has 1 rings (SSSR count). The summed E-state index contributed by atoms with van der Waals surface area (Å²) in [6.07, 6.45) is 0.0937. The first kappa shape index (κ1) is 15.0. The highest BCUT2D eigenvalue weighted by Gasteiger charge is 2.39. The van der Waals surface area contributed by atoms with Crippen LogP contribution in [0.4, 0.5) is 4.79 Å². The number of rotatable bonds is 0. The first-order chi connectivity index (χ1) is 8.04. The maximum absolute atomic E-state index is 12.0. The van der Waals surface area contributed by atoms with E-state index in [9.17, 15) is 9.59 Å². The molecule has 0 radical (unpaired) electrons. The molecule has 1 aliphatic heterocycles. The number of ketones is 1. The van der Waals surface area contributed by atoms with Gasteiger partial charge in [0, 0.05) is 24.9 Å². The smallest absolute Gasteiger partial charge is 0.410 e. The summed E-state index contributed by atoms with van der Waals surface area (Å²) >= 11 is 0. The average molecular weight is 255 g/mol. The van der Waals surface area contributed by atoms with Gasteiger partial charge in [-0.15, -0.1) is 0 Å². The molecule has 4 heteroatoms. The standard InChI is InChI=1S/C14H25NO3/c1-10-9-15(12(17)18-13(2,3)4)8-7-11(16)14(10,5)6/h10H,7-9H2,1-6H3. The molecule has 1 atom stereocenters. The van der Waals surface area contributed by atoms with Gasteiger partial charge in [-0.1, -0.05) is 20.8 Å². The predicted octanol–water partition coefficient (Wildman–Crippen LogP) is 2.86. The number of likely N-dealkylation sites (tertiary alicyclic amines) is 1. The van der Waals surface area contributed by atoms with Gasteiger partial charge >= 0.3 is 6.09 Å². The van der Waals surface area contributed by atoms with E-state index in [4.69, 9.17) is 4.74 Å². The van der Waals surface area contributed by atoms with Crippen LogP contribution in [-0.4, -0.2) is 35.5 Å². The minimum atomic E-state index is -0.494. The van der Waals surface area contributed by atoms with Crippen molar-refractivity contribution < 1.29 is 14.3 Å². The minimum absolute atomic E-state index is 0.139. The van der Waals surface area contributed by atoms with Crippen LogP contribution in [0.15, 0.2) is 0 Å². The Hall–Kier alpha value is -1.06. The number of ether oxygens (including phenoxy) is 1. The molecule has 0 aromatic rings. The van der Waals surface area contributed by atoms with Crippen LogP contribution in [0.25, 0.3) is 0 Å². The molecule has 104 valence electrons. The predicted molar refractivity (Wildman–Crippen MR) is 70.4 cm³/mol. The highest BCUT2D eigenvalue weighted by molar-refractivity contribution is 5.85. The molecule has 1 fully saturated rings. The molecule has 1 heterocycles. The summed E-state index contributed by atoms with van der Waals surface area (Å²) in [6.45, 7) is 12.5. The van der Waals surface area contributed by atoms with Gasteiger partial charge in [0.2, 0.25) is 0 Å². The van der Waals surface area contributed by atoms with Crippen molar-refractivity contribution >= 4 is 11.9 Å². The summed E-state index contributed by atoms with van der Waals surface area (Å²) in [5.41, 5.74) is -0.858. The molecule has 0 saturated carbocycles. The van der Waals surface area contributed by atoms with Crippen molar-refractivity contribution in [1.29, 1.82) is 0 Å². The van der Waals surface area contributed by atoms with Crippen molar-refractivity contribution in [2.45, 2.75) is 53.6 Å². The van der Waals surface area contributed by atoms with Gasteiger partial charge in [0.1, 0.15) is 11.4 Å². The SMILES string of the molecule is CC1CN(C(=O)OC(C)(C)C)CCC(=O)C1(C)C. The van der Waals surface area contributed by atoms with Crippen molar-refractivity contribution in [3.63, 3.8) is 0 Å². The van der Waals surface area contributed by atoms with Gasteiger partial charge in [-0.3, -0.25) is 4.79 Å². The summed E-state index contributed by atoms with van der Waals surface area (Å²) in [4.78, 5) is 25.7. The average Bonchev–Trinajstić information content (AvgIpc) is 2.28. The molecule has 0 N–H and O–H groups in total. The van der Waals surface area contributed by atoms with Gasteiger partial charge in [0.15, 0.2) is 0 Å². The number of hydrogen-bond acceptors (Lipinski definition) is 3. The van der Waals surface area contributed by atoms with E-state index >= 15 is 0 Å². The van der Waals surface area contributed by atoms with E-state index in [0.717, 1.165) is 0 Å². The summed E-state index contributed by atoms with van der Waals surface area (Å²) in [5, 5.41) is 0. The number of Topliss-reactive ketones (excluding diaryl/α,β-unsaturated/α-hetero) is 1. The highest BCUT2D eigenvalue weighted by Crippen LogP contribution is 2.32. The lowest BCUT2D eigenvalue weighted by molar-refractivity contribution is -0.128. The second-order valence-electron chi connectivity index (χ2n) is 6.72. The van der Waals surface area contributed by atoms with Crippen LogP contribution < -0.4 is 0 Å². The Balaban J connectivity index is 2.76. The van der Waals surface area contributed by atoms with E-state index in [1.165, 1.54) is 0 Å². The molecule has 1 saturated heterocycles. The van der Waals surface area contributed by atoms with E-state index < -0.39 is 5.60 Å². The van der Waals surface area contributed by atoms with Gasteiger partial charge < -0.3 is 9.64 Å². The van der Waals surface area contributed by atoms with Crippen LogP contribution in [0.2, 0.25) is 0 Å². The third-order valence-corrected chi connectivity index (χ3v) is 3.71. The maximum Gasteiger partial charge on any atom is 0.410 e. The quantitative estimate of drug-likeness (QED) is 0.668.